The fraction of sp³-hybridized carbons (Fsp3) is 0.792. The first-order valence-corrected chi connectivity index (χ1v) is 25.1. The summed E-state index contributed by atoms with van der Waals surface area (Å²) in [4.78, 5) is 35.0. The molecule has 0 rings (SSSR count). The molecule has 0 saturated carbocycles. The molecule has 3 atom stereocenters. The van der Waals surface area contributed by atoms with Crippen LogP contribution in [0.25, 0.3) is 0 Å². The van der Waals surface area contributed by atoms with Crippen LogP contribution in [-0.4, -0.2) is 65.7 Å². The van der Waals surface area contributed by atoms with Crippen molar-refractivity contribution in [3.05, 3.63) is 48.6 Å². The Morgan fingerprint density at radius 2 is 0.915 bits per heavy atom. The van der Waals surface area contributed by atoms with Crippen molar-refractivity contribution < 1.29 is 47.8 Å². The molecule has 3 N–H and O–H groups in total. The second-order valence-corrected chi connectivity index (χ2v) is 17.2. The van der Waals surface area contributed by atoms with Crippen molar-refractivity contribution in [2.75, 3.05) is 26.4 Å². The van der Waals surface area contributed by atoms with Gasteiger partial charge in [-0.3, -0.25) is 18.6 Å². The number of ether oxygens (including phenoxy) is 2. The van der Waals surface area contributed by atoms with Crippen molar-refractivity contribution in [2.45, 2.75) is 219 Å². The van der Waals surface area contributed by atoms with Crippen molar-refractivity contribution in [3.63, 3.8) is 0 Å². The summed E-state index contributed by atoms with van der Waals surface area (Å²) >= 11 is 0. The molecule has 0 aliphatic heterocycles. The smallest absolute Gasteiger partial charge is 0.462 e. The lowest BCUT2D eigenvalue weighted by Crippen LogP contribution is -2.29. The van der Waals surface area contributed by atoms with Gasteiger partial charge in [0.15, 0.2) is 6.10 Å². The quantitative estimate of drug-likeness (QED) is 0.0234. The Morgan fingerprint density at radius 3 is 1.37 bits per heavy atom. The van der Waals surface area contributed by atoms with Crippen molar-refractivity contribution in [1.29, 1.82) is 0 Å². The predicted molar refractivity (Wildman–Crippen MR) is 242 cm³/mol. The van der Waals surface area contributed by atoms with Crippen LogP contribution in [0.5, 0.6) is 0 Å². The van der Waals surface area contributed by atoms with Crippen molar-refractivity contribution >= 4 is 19.8 Å². The van der Waals surface area contributed by atoms with E-state index < -0.39 is 51.8 Å². The van der Waals surface area contributed by atoms with E-state index in [1.807, 2.05) is 12.2 Å². The van der Waals surface area contributed by atoms with E-state index in [2.05, 4.69) is 54.8 Å². The molecule has 0 aromatic rings. The average Bonchev–Trinajstić information content (AvgIpc) is 3.22. The summed E-state index contributed by atoms with van der Waals surface area (Å²) in [5.74, 6) is -1.01. The molecule has 0 saturated heterocycles. The van der Waals surface area contributed by atoms with Gasteiger partial charge in [0.05, 0.1) is 19.8 Å². The standard InChI is InChI=1S/C48H87O10P/c1-3-5-7-9-11-13-15-17-18-19-20-21-22-23-24-25-26-28-29-31-33-35-37-39-47(51)55-43-46(44-57-59(53,54)56-42-45(50)41-49)58-48(52)40-38-36-34-32-30-27-16-14-12-10-8-6-4-2/h20-21,23-24,27,30,34,36,45-46,49-50H,3-19,22,25-26,28-29,31-33,35,37-44H2,1-2H3,(H,53,54)/b21-20+,24-23+,30-27+,36-34+/t45-,46?/m1/s1. The Balaban J connectivity index is 4.24. The van der Waals surface area contributed by atoms with Crippen molar-refractivity contribution in [1.82, 2.24) is 0 Å². The van der Waals surface area contributed by atoms with Crippen LogP contribution in [0.15, 0.2) is 48.6 Å². The van der Waals surface area contributed by atoms with E-state index >= 15 is 0 Å². The van der Waals surface area contributed by atoms with Gasteiger partial charge in [0, 0.05) is 12.8 Å². The summed E-state index contributed by atoms with van der Waals surface area (Å²) in [6.07, 6.45) is 48.2. The molecule has 0 aromatic heterocycles. The molecular weight excluding hydrogens is 767 g/mol. The molecule has 0 aliphatic rings. The zero-order valence-electron chi connectivity index (χ0n) is 37.5. The predicted octanol–water partition coefficient (Wildman–Crippen LogP) is 12.9. The minimum Gasteiger partial charge on any atom is -0.462 e. The highest BCUT2D eigenvalue weighted by atomic mass is 31.2. The molecule has 344 valence electrons. The topological polar surface area (TPSA) is 149 Å². The molecule has 0 radical (unpaired) electrons. The molecule has 0 fully saturated rings. The van der Waals surface area contributed by atoms with E-state index in [9.17, 15) is 24.2 Å². The number of phosphoric acid groups is 1. The Morgan fingerprint density at radius 1 is 0.508 bits per heavy atom. The van der Waals surface area contributed by atoms with Gasteiger partial charge in [-0.25, -0.2) is 4.57 Å². The lowest BCUT2D eigenvalue weighted by atomic mass is 10.1. The average molecular weight is 855 g/mol. The van der Waals surface area contributed by atoms with Gasteiger partial charge in [-0.05, 0) is 64.2 Å². The normalized spacial score (nSPS) is 14.2. The van der Waals surface area contributed by atoms with E-state index in [4.69, 9.17) is 19.1 Å². The Hall–Kier alpha value is -2.07. The van der Waals surface area contributed by atoms with Gasteiger partial charge >= 0.3 is 19.8 Å². The van der Waals surface area contributed by atoms with Gasteiger partial charge in [-0.1, -0.05) is 178 Å². The second kappa shape index (κ2) is 44.0. The van der Waals surface area contributed by atoms with E-state index in [0.29, 0.717) is 12.8 Å². The monoisotopic (exact) mass is 855 g/mol. The maximum absolute atomic E-state index is 12.6. The molecule has 11 heteroatoms. The minimum absolute atomic E-state index is 0.0756. The van der Waals surface area contributed by atoms with Gasteiger partial charge in [-0.15, -0.1) is 0 Å². The van der Waals surface area contributed by atoms with Crippen LogP contribution in [0.4, 0.5) is 0 Å². The zero-order valence-corrected chi connectivity index (χ0v) is 38.4. The molecule has 0 amide bonds. The SMILES string of the molecule is CCCCCCCC/C=C/C/C=C/CCC(=O)OC(COC(=O)CCCCCCCCC/C=C/C/C=C/CCCCCCCCCCC)COP(=O)(O)OC[C@H](O)CO. The van der Waals surface area contributed by atoms with Gasteiger partial charge < -0.3 is 24.6 Å². The fourth-order valence-electron chi connectivity index (χ4n) is 6.31. The van der Waals surface area contributed by atoms with Crippen LogP contribution in [0.1, 0.15) is 206 Å². The van der Waals surface area contributed by atoms with Gasteiger partial charge in [0.2, 0.25) is 0 Å². The number of unbranched alkanes of at least 4 members (excludes halogenated alkanes) is 22. The lowest BCUT2D eigenvalue weighted by molar-refractivity contribution is -0.161. The third kappa shape index (κ3) is 43.8. The molecule has 0 aromatic carbocycles. The largest absolute Gasteiger partial charge is 0.472 e. The number of aliphatic hydroxyl groups is 2. The third-order valence-electron chi connectivity index (χ3n) is 9.97. The highest BCUT2D eigenvalue weighted by Crippen LogP contribution is 2.43. The molecule has 0 spiro atoms. The third-order valence-corrected chi connectivity index (χ3v) is 10.9. The van der Waals surface area contributed by atoms with Gasteiger partial charge in [-0.2, -0.15) is 0 Å². The molecule has 0 heterocycles. The number of carbonyl (C=O) groups excluding carboxylic acids is 2. The summed E-state index contributed by atoms with van der Waals surface area (Å²) in [6, 6.07) is 0. The maximum Gasteiger partial charge on any atom is 0.472 e. The van der Waals surface area contributed by atoms with Crippen molar-refractivity contribution in [3.8, 4) is 0 Å². The molecule has 0 bridgehead atoms. The Labute approximate surface area is 360 Å². The fourth-order valence-corrected chi connectivity index (χ4v) is 7.10. The number of aliphatic hydroxyl groups excluding tert-OH is 2. The first kappa shape index (κ1) is 56.9. The van der Waals surface area contributed by atoms with Crippen LogP contribution < -0.4 is 0 Å². The lowest BCUT2D eigenvalue weighted by Gasteiger charge is -2.20. The summed E-state index contributed by atoms with van der Waals surface area (Å²) in [5.41, 5.74) is 0. The van der Waals surface area contributed by atoms with Crippen LogP contribution in [0.3, 0.4) is 0 Å². The molecular formula is C48H87O10P. The number of rotatable bonds is 44. The number of allylic oxidation sites excluding steroid dienone is 8. The van der Waals surface area contributed by atoms with Crippen LogP contribution in [0.2, 0.25) is 0 Å². The van der Waals surface area contributed by atoms with Crippen molar-refractivity contribution in [2.24, 2.45) is 0 Å². The van der Waals surface area contributed by atoms with E-state index in [0.717, 1.165) is 44.9 Å². The number of esters is 2. The Kier molecular flexibility index (Phi) is 42.5. The Bertz CT molecular complexity index is 1120. The number of phosphoric ester groups is 1. The van der Waals surface area contributed by atoms with Gasteiger partial charge in [0.25, 0.3) is 0 Å². The number of carbonyl (C=O) groups is 2. The first-order valence-electron chi connectivity index (χ1n) is 23.6. The zero-order chi connectivity index (χ0) is 43.3. The maximum atomic E-state index is 12.6. The molecule has 10 nitrogen and oxygen atoms in total. The summed E-state index contributed by atoms with van der Waals surface area (Å²) in [7, 11) is -4.63. The van der Waals surface area contributed by atoms with Crippen LogP contribution >= 0.6 is 7.82 Å². The highest BCUT2D eigenvalue weighted by molar-refractivity contribution is 7.47. The second-order valence-electron chi connectivity index (χ2n) is 15.8. The summed E-state index contributed by atoms with van der Waals surface area (Å²) < 4.78 is 32.7. The molecule has 59 heavy (non-hydrogen) atoms. The van der Waals surface area contributed by atoms with Crippen LogP contribution in [-0.2, 0) is 32.7 Å². The summed E-state index contributed by atoms with van der Waals surface area (Å²) in [5, 5.41) is 18.3. The van der Waals surface area contributed by atoms with Gasteiger partial charge in [0.1, 0.15) is 12.7 Å². The number of hydrogen-bond acceptors (Lipinski definition) is 9. The summed E-state index contributed by atoms with van der Waals surface area (Å²) in [6.45, 7) is 2.30. The number of hydrogen-bond donors (Lipinski definition) is 3. The van der Waals surface area contributed by atoms with E-state index in [1.54, 1.807) is 0 Å². The van der Waals surface area contributed by atoms with Crippen LogP contribution in [0, 0.1) is 0 Å². The first-order chi connectivity index (χ1) is 28.7. The molecule has 2 unspecified atom stereocenters. The highest BCUT2D eigenvalue weighted by Gasteiger charge is 2.27. The minimum atomic E-state index is -4.63. The van der Waals surface area contributed by atoms with E-state index in [-0.39, 0.29) is 19.4 Å². The van der Waals surface area contributed by atoms with E-state index in [1.165, 1.54) is 122 Å². The molecule has 0 aliphatic carbocycles.